The van der Waals surface area contributed by atoms with Crippen LogP contribution in [-0.4, -0.2) is 25.1 Å². The number of carbonyl (C=O) groups is 2. The van der Waals surface area contributed by atoms with Crippen molar-refractivity contribution in [3.05, 3.63) is 71.2 Å². The van der Waals surface area contributed by atoms with Crippen LogP contribution in [0.15, 0.2) is 60.7 Å². The van der Waals surface area contributed by atoms with Crippen LogP contribution < -0.4 is 10.1 Å². The van der Waals surface area contributed by atoms with Gasteiger partial charge in [-0.2, -0.15) is 5.26 Å². The third-order valence-corrected chi connectivity index (χ3v) is 4.39. The summed E-state index contributed by atoms with van der Waals surface area (Å²) in [4.78, 5) is 23.8. The van der Waals surface area contributed by atoms with E-state index >= 15 is 0 Å². The second-order valence-corrected chi connectivity index (χ2v) is 6.53. The Hall–Kier alpha value is -3.56. The molecule has 0 saturated heterocycles. The number of rotatable bonds is 7. The molecule has 3 aromatic carbocycles. The molecule has 7 heteroatoms. The molecule has 0 atom stereocenters. The van der Waals surface area contributed by atoms with Gasteiger partial charge in [-0.05, 0) is 29.8 Å². The van der Waals surface area contributed by atoms with Crippen LogP contribution in [0.25, 0.3) is 10.8 Å². The molecule has 0 heterocycles. The molecule has 0 radical (unpaired) electrons. The smallest absolute Gasteiger partial charge is 0.344 e. The number of nitrogens with one attached hydrogen (secondary N) is 1. The summed E-state index contributed by atoms with van der Waals surface area (Å²) in [6.45, 7) is -0.759. The molecule has 0 saturated carbocycles. The number of ether oxygens (including phenoxy) is 2. The second-order valence-electron chi connectivity index (χ2n) is 6.12. The van der Waals surface area contributed by atoms with E-state index in [0.717, 1.165) is 16.3 Å². The molecular formula is C22H17ClN2O4. The minimum atomic E-state index is -0.663. The summed E-state index contributed by atoms with van der Waals surface area (Å²) < 4.78 is 10.5. The summed E-state index contributed by atoms with van der Waals surface area (Å²) in [7, 11) is 0. The molecule has 0 bridgehead atoms. The second kappa shape index (κ2) is 9.58. The van der Waals surface area contributed by atoms with Gasteiger partial charge in [-0.25, -0.2) is 4.79 Å². The summed E-state index contributed by atoms with van der Waals surface area (Å²) in [5, 5.41) is 13.5. The van der Waals surface area contributed by atoms with Gasteiger partial charge >= 0.3 is 5.97 Å². The van der Waals surface area contributed by atoms with Gasteiger partial charge in [-0.15, -0.1) is 0 Å². The third-order valence-electron chi connectivity index (χ3n) is 4.06. The minimum Gasteiger partial charge on any atom is -0.481 e. The normalized spacial score (nSPS) is 10.2. The number of fused-ring (bicyclic) bond motifs is 1. The van der Waals surface area contributed by atoms with Crippen LogP contribution in [-0.2, 0) is 20.7 Å². The van der Waals surface area contributed by atoms with Crippen molar-refractivity contribution in [3.8, 4) is 11.8 Å². The van der Waals surface area contributed by atoms with Crippen molar-refractivity contribution in [1.29, 1.82) is 5.26 Å². The lowest BCUT2D eigenvalue weighted by atomic mass is 10.1. The molecule has 0 aromatic heterocycles. The number of esters is 1. The average Bonchev–Trinajstić information content (AvgIpc) is 2.73. The summed E-state index contributed by atoms with van der Waals surface area (Å²) in [6, 6.07) is 19.7. The van der Waals surface area contributed by atoms with Gasteiger partial charge in [-0.1, -0.05) is 48.0 Å². The molecule has 29 heavy (non-hydrogen) atoms. The Morgan fingerprint density at radius 3 is 2.41 bits per heavy atom. The number of halogens is 1. The molecule has 6 nitrogen and oxygen atoms in total. The van der Waals surface area contributed by atoms with Crippen LogP contribution in [0.2, 0.25) is 5.02 Å². The lowest BCUT2D eigenvalue weighted by Crippen LogP contribution is -2.23. The first-order valence-electron chi connectivity index (χ1n) is 8.78. The van der Waals surface area contributed by atoms with E-state index in [1.165, 1.54) is 0 Å². The van der Waals surface area contributed by atoms with Crippen molar-refractivity contribution in [2.45, 2.75) is 6.42 Å². The minimum absolute atomic E-state index is 0.300. The van der Waals surface area contributed by atoms with E-state index in [9.17, 15) is 9.59 Å². The molecule has 146 valence electrons. The largest absolute Gasteiger partial charge is 0.481 e. The van der Waals surface area contributed by atoms with Crippen molar-refractivity contribution < 1.29 is 19.1 Å². The highest BCUT2D eigenvalue weighted by Crippen LogP contribution is 2.31. The molecule has 3 rings (SSSR count). The Morgan fingerprint density at radius 1 is 0.966 bits per heavy atom. The maximum absolute atomic E-state index is 11.9. The molecule has 0 aliphatic carbocycles. The monoisotopic (exact) mass is 408 g/mol. The van der Waals surface area contributed by atoms with Crippen LogP contribution in [0.4, 0.5) is 5.69 Å². The molecule has 3 aromatic rings. The van der Waals surface area contributed by atoms with Gasteiger partial charge < -0.3 is 14.8 Å². The first-order valence-corrected chi connectivity index (χ1v) is 9.16. The van der Waals surface area contributed by atoms with Crippen LogP contribution in [0.1, 0.15) is 5.56 Å². The zero-order valence-electron chi connectivity index (χ0n) is 15.4. The molecule has 0 fully saturated rings. The number of hydrogen-bond acceptors (Lipinski definition) is 5. The number of hydrogen-bond donors (Lipinski definition) is 1. The highest BCUT2D eigenvalue weighted by atomic mass is 35.5. The summed E-state index contributed by atoms with van der Waals surface area (Å²) in [5.41, 5.74) is 1.40. The Labute approximate surface area is 172 Å². The zero-order chi connectivity index (χ0) is 20.6. The van der Waals surface area contributed by atoms with Gasteiger partial charge in [0.15, 0.2) is 13.2 Å². The molecule has 1 N–H and O–H groups in total. The van der Waals surface area contributed by atoms with Crippen LogP contribution in [0, 0.1) is 11.3 Å². The molecule has 0 spiro atoms. The number of carbonyl (C=O) groups excluding carboxylic acids is 2. The van der Waals surface area contributed by atoms with Crippen LogP contribution in [0.3, 0.4) is 0 Å². The molecule has 0 unspecified atom stereocenters. The van der Waals surface area contributed by atoms with Crippen molar-refractivity contribution in [2.24, 2.45) is 0 Å². The first kappa shape index (κ1) is 20.2. The quantitative estimate of drug-likeness (QED) is 0.594. The highest BCUT2D eigenvalue weighted by Gasteiger charge is 2.11. The third kappa shape index (κ3) is 5.47. The predicted molar refractivity (Wildman–Crippen MR) is 110 cm³/mol. The number of nitriles is 1. The number of benzene rings is 3. The van der Waals surface area contributed by atoms with Crippen LogP contribution in [0.5, 0.6) is 5.75 Å². The van der Waals surface area contributed by atoms with Gasteiger partial charge in [0.2, 0.25) is 0 Å². The van der Waals surface area contributed by atoms with E-state index in [1.54, 1.807) is 36.4 Å². The Balaban J connectivity index is 1.48. The lowest BCUT2D eigenvalue weighted by molar-refractivity contribution is -0.149. The maximum atomic E-state index is 11.9. The molecular weight excluding hydrogens is 392 g/mol. The maximum Gasteiger partial charge on any atom is 0.344 e. The number of amides is 1. The SMILES string of the molecule is N#CCc1ccc(NC(=O)COC(=O)COc2ccc(Cl)c3ccccc23)cc1. The van der Waals surface area contributed by atoms with Gasteiger partial charge in [0.1, 0.15) is 5.75 Å². The summed E-state index contributed by atoms with van der Waals surface area (Å²) >= 11 is 6.16. The fourth-order valence-corrected chi connectivity index (χ4v) is 2.91. The van der Waals surface area contributed by atoms with Crippen molar-refractivity contribution in [1.82, 2.24) is 0 Å². The number of anilines is 1. The highest BCUT2D eigenvalue weighted by molar-refractivity contribution is 6.35. The van der Waals surface area contributed by atoms with Crippen molar-refractivity contribution in [2.75, 3.05) is 18.5 Å². The summed E-state index contributed by atoms with van der Waals surface area (Å²) in [5.74, 6) is -0.629. The lowest BCUT2D eigenvalue weighted by Gasteiger charge is -2.10. The van der Waals surface area contributed by atoms with E-state index in [2.05, 4.69) is 5.32 Å². The topological polar surface area (TPSA) is 88.4 Å². The van der Waals surface area contributed by atoms with Crippen molar-refractivity contribution >= 4 is 39.9 Å². The fraction of sp³-hybridized carbons (Fsp3) is 0.136. The van der Waals surface area contributed by atoms with E-state index in [4.69, 9.17) is 26.3 Å². The zero-order valence-corrected chi connectivity index (χ0v) is 16.1. The van der Waals surface area contributed by atoms with Crippen molar-refractivity contribution in [3.63, 3.8) is 0 Å². The van der Waals surface area contributed by atoms with Gasteiger partial charge in [0, 0.05) is 21.5 Å². The average molecular weight is 409 g/mol. The standard InChI is InChI=1S/C22H17ClN2O4/c23-19-9-10-20(18-4-2-1-3-17(18)19)28-14-22(27)29-13-21(26)25-16-7-5-15(6-8-16)11-12-24/h1-10H,11,13-14H2,(H,25,26). The molecule has 0 aliphatic rings. The Bertz CT molecular complexity index is 1070. The van der Waals surface area contributed by atoms with Gasteiger partial charge in [0.25, 0.3) is 5.91 Å². The van der Waals surface area contributed by atoms with Gasteiger partial charge in [-0.3, -0.25) is 4.79 Å². The fourth-order valence-electron chi connectivity index (χ4n) is 2.68. The molecule has 1 amide bonds. The number of nitrogens with zero attached hydrogens (tertiary/aromatic N) is 1. The summed E-state index contributed by atoms with van der Waals surface area (Å²) in [6.07, 6.45) is 0.300. The van der Waals surface area contributed by atoms with Gasteiger partial charge in [0.05, 0.1) is 12.5 Å². The van der Waals surface area contributed by atoms with Crippen LogP contribution >= 0.6 is 11.6 Å². The Kier molecular flexibility index (Phi) is 6.67. The predicted octanol–water partition coefficient (Wildman–Crippen LogP) is 4.12. The van der Waals surface area contributed by atoms with E-state index in [-0.39, 0.29) is 6.61 Å². The van der Waals surface area contributed by atoms with E-state index in [1.807, 2.05) is 30.3 Å². The first-order chi connectivity index (χ1) is 14.1. The van der Waals surface area contributed by atoms with E-state index < -0.39 is 18.5 Å². The Morgan fingerprint density at radius 2 is 1.69 bits per heavy atom. The van der Waals surface area contributed by atoms with E-state index in [0.29, 0.717) is 22.9 Å². The molecule has 0 aliphatic heterocycles.